The second-order valence-corrected chi connectivity index (χ2v) is 9.87. The largest absolute Gasteiger partial charge is 0.202 e. The molecule has 0 aromatic heterocycles. The number of hydrogen-bond donors (Lipinski definition) is 0. The van der Waals surface area contributed by atoms with Gasteiger partial charge in [-0.3, -0.25) is 0 Å². The van der Waals surface area contributed by atoms with E-state index in [-0.39, 0.29) is 0 Å². The van der Waals surface area contributed by atoms with Crippen molar-refractivity contribution in [3.63, 3.8) is 0 Å². The molecule has 30 heavy (non-hydrogen) atoms. The summed E-state index contributed by atoms with van der Waals surface area (Å²) in [7, 11) is 0. The molecule has 0 N–H and O–H groups in total. The first-order chi connectivity index (χ1) is 14.1. The Balaban J connectivity index is 0.000000456. The van der Waals surface area contributed by atoms with Gasteiger partial charge in [-0.05, 0) is 45.2 Å². The van der Waals surface area contributed by atoms with E-state index in [2.05, 4.69) is 33.8 Å². The average Bonchev–Trinajstić information content (AvgIpc) is 2.77. The summed E-state index contributed by atoms with van der Waals surface area (Å²) in [4.78, 5) is 0. The van der Waals surface area contributed by atoms with E-state index in [1.165, 1.54) is 23.0 Å². The summed E-state index contributed by atoms with van der Waals surface area (Å²) in [5.74, 6) is -9.71. The molecule has 3 rings (SSSR count). The van der Waals surface area contributed by atoms with Gasteiger partial charge in [-0.2, -0.15) is 23.5 Å². The smallest absolute Gasteiger partial charge is 0.190 e. The van der Waals surface area contributed by atoms with Crippen LogP contribution in [0.2, 0.25) is 0 Å². The highest BCUT2D eigenvalue weighted by Gasteiger charge is 2.26. The summed E-state index contributed by atoms with van der Waals surface area (Å²) < 4.78 is 106. The molecular formula is C16H8F8I2N2S2. The molecule has 0 atom stereocenters. The fraction of sp³-hybridized carbons (Fsp3) is 0.250. The Labute approximate surface area is 200 Å². The summed E-state index contributed by atoms with van der Waals surface area (Å²) >= 11 is 6.10. The molecule has 0 bridgehead atoms. The average molecular weight is 698 g/mol. The van der Waals surface area contributed by atoms with Crippen molar-refractivity contribution in [3.05, 3.63) is 53.7 Å². The molecule has 0 radical (unpaired) electrons. The number of azo groups is 1. The Morgan fingerprint density at radius 1 is 0.467 bits per heavy atom. The molecule has 0 spiro atoms. The minimum Gasteiger partial charge on any atom is -0.202 e. The normalized spacial score (nSPS) is 14.1. The van der Waals surface area contributed by atoms with E-state index >= 15 is 0 Å². The van der Waals surface area contributed by atoms with Gasteiger partial charge in [0.1, 0.15) is 0 Å². The number of rotatable bonds is 2. The second kappa shape index (κ2) is 11.5. The number of hydrogen-bond acceptors (Lipinski definition) is 4. The third-order valence-electron chi connectivity index (χ3n) is 3.37. The summed E-state index contributed by atoms with van der Waals surface area (Å²) in [6.45, 7) is 0. The first-order valence-corrected chi connectivity index (χ1v) is 12.2. The number of nitrogens with zero attached hydrogens (tertiary/aromatic N) is 2. The molecule has 2 aromatic rings. The third kappa shape index (κ3) is 5.70. The number of benzene rings is 2. The third-order valence-corrected chi connectivity index (χ3v) is 7.75. The van der Waals surface area contributed by atoms with Gasteiger partial charge in [0.15, 0.2) is 57.9 Å². The lowest BCUT2D eigenvalue weighted by Gasteiger charge is -2.06. The summed E-state index contributed by atoms with van der Waals surface area (Å²) in [5.41, 5.74) is -3.30. The standard InChI is InChI=1S/C12F8I2N2.C4H8S2/c13-1-5(17)11(6(18)2(14)9(1)21)23-24-12-7(19)3(15)10(22)4(16)8(12)20;1-2-6-4-3-5-1/h;1-4H2. The van der Waals surface area contributed by atoms with Crippen molar-refractivity contribution in [1.82, 2.24) is 0 Å². The van der Waals surface area contributed by atoms with E-state index in [0.717, 1.165) is 45.2 Å². The molecule has 1 saturated heterocycles. The predicted octanol–water partition coefficient (Wildman–Crippen LogP) is 7.89. The lowest BCUT2D eigenvalue weighted by Crippen LogP contribution is -2.00. The van der Waals surface area contributed by atoms with E-state index < -0.39 is 65.1 Å². The molecular weight excluding hydrogens is 690 g/mol. The quantitative estimate of drug-likeness (QED) is 0.105. The van der Waals surface area contributed by atoms with Crippen LogP contribution in [0.25, 0.3) is 0 Å². The van der Waals surface area contributed by atoms with Crippen LogP contribution in [0.4, 0.5) is 46.5 Å². The fourth-order valence-corrected chi connectivity index (χ4v) is 5.14. The topological polar surface area (TPSA) is 24.7 Å². The number of thioether (sulfide) groups is 2. The van der Waals surface area contributed by atoms with Crippen molar-refractivity contribution in [1.29, 1.82) is 0 Å². The van der Waals surface area contributed by atoms with Crippen molar-refractivity contribution < 1.29 is 35.1 Å². The van der Waals surface area contributed by atoms with E-state index in [4.69, 9.17) is 0 Å². The molecule has 1 aliphatic heterocycles. The first kappa shape index (κ1) is 25.9. The van der Waals surface area contributed by atoms with Gasteiger partial charge in [-0.1, -0.05) is 0 Å². The summed E-state index contributed by atoms with van der Waals surface area (Å²) in [6.07, 6.45) is 0. The lowest BCUT2D eigenvalue weighted by atomic mass is 10.2. The Hall–Kier alpha value is -0.360. The van der Waals surface area contributed by atoms with Crippen LogP contribution in [0, 0.1) is 53.7 Å². The summed E-state index contributed by atoms with van der Waals surface area (Å²) in [6, 6.07) is 0. The van der Waals surface area contributed by atoms with Crippen molar-refractivity contribution in [2.75, 3.05) is 23.0 Å². The molecule has 0 unspecified atom stereocenters. The molecule has 164 valence electrons. The highest BCUT2D eigenvalue weighted by Crippen LogP contribution is 2.35. The second-order valence-electron chi connectivity index (χ2n) is 5.26. The molecule has 1 heterocycles. The predicted molar refractivity (Wildman–Crippen MR) is 117 cm³/mol. The van der Waals surface area contributed by atoms with E-state index in [9.17, 15) is 35.1 Å². The maximum atomic E-state index is 13.6. The highest BCUT2D eigenvalue weighted by molar-refractivity contribution is 14.1. The van der Waals surface area contributed by atoms with Crippen molar-refractivity contribution >= 4 is 80.1 Å². The Morgan fingerprint density at radius 3 is 0.900 bits per heavy atom. The van der Waals surface area contributed by atoms with Crippen LogP contribution in [-0.2, 0) is 0 Å². The molecule has 14 heteroatoms. The zero-order chi connectivity index (χ0) is 22.6. The van der Waals surface area contributed by atoms with Crippen LogP contribution in [-0.4, -0.2) is 23.0 Å². The van der Waals surface area contributed by atoms with Crippen LogP contribution < -0.4 is 0 Å². The zero-order valence-corrected chi connectivity index (χ0v) is 20.3. The lowest BCUT2D eigenvalue weighted by molar-refractivity contribution is 0.444. The highest BCUT2D eigenvalue weighted by atomic mass is 127. The molecule has 0 amide bonds. The minimum absolute atomic E-state index is 0.977. The molecule has 1 fully saturated rings. The molecule has 1 aliphatic rings. The van der Waals surface area contributed by atoms with Gasteiger partial charge in [0, 0.05) is 23.0 Å². The van der Waals surface area contributed by atoms with E-state index in [1.807, 2.05) is 0 Å². The summed E-state index contributed by atoms with van der Waals surface area (Å²) in [5, 5.41) is 5.30. The minimum atomic E-state index is -1.99. The van der Waals surface area contributed by atoms with Crippen molar-refractivity contribution in [2.45, 2.75) is 0 Å². The van der Waals surface area contributed by atoms with Gasteiger partial charge >= 0.3 is 0 Å². The van der Waals surface area contributed by atoms with Gasteiger partial charge in [-0.15, -0.1) is 10.2 Å². The van der Waals surface area contributed by atoms with Gasteiger partial charge in [0.2, 0.25) is 0 Å². The van der Waals surface area contributed by atoms with Gasteiger partial charge in [0.25, 0.3) is 0 Å². The SMILES string of the molecule is C1CSCCS1.Fc1c(F)c(N=Nc2c(F)c(F)c(I)c(F)c2F)c(F)c(F)c1I. The van der Waals surface area contributed by atoms with E-state index in [0.29, 0.717) is 0 Å². The van der Waals surface area contributed by atoms with Gasteiger partial charge in [0.05, 0.1) is 7.14 Å². The van der Waals surface area contributed by atoms with Crippen LogP contribution >= 0.6 is 68.7 Å². The monoisotopic (exact) mass is 698 g/mol. The Kier molecular flexibility index (Phi) is 9.92. The van der Waals surface area contributed by atoms with Crippen LogP contribution in [0.1, 0.15) is 0 Å². The molecule has 2 nitrogen and oxygen atoms in total. The van der Waals surface area contributed by atoms with Gasteiger partial charge in [-0.25, -0.2) is 35.1 Å². The maximum Gasteiger partial charge on any atom is 0.190 e. The van der Waals surface area contributed by atoms with Crippen molar-refractivity contribution in [2.24, 2.45) is 10.2 Å². The number of halogens is 10. The zero-order valence-electron chi connectivity index (χ0n) is 14.3. The molecule has 0 saturated carbocycles. The van der Waals surface area contributed by atoms with Crippen LogP contribution in [0.5, 0.6) is 0 Å². The first-order valence-electron chi connectivity index (χ1n) is 7.69. The van der Waals surface area contributed by atoms with Crippen LogP contribution in [0.3, 0.4) is 0 Å². The Morgan fingerprint density at radius 2 is 0.700 bits per heavy atom. The Bertz CT molecular complexity index is 846. The maximum absolute atomic E-state index is 13.6. The van der Waals surface area contributed by atoms with Crippen molar-refractivity contribution in [3.8, 4) is 0 Å². The fourth-order valence-electron chi connectivity index (χ4n) is 1.90. The molecule has 0 aliphatic carbocycles. The molecule has 2 aromatic carbocycles. The van der Waals surface area contributed by atoms with Crippen LogP contribution in [0.15, 0.2) is 10.2 Å². The van der Waals surface area contributed by atoms with Gasteiger partial charge < -0.3 is 0 Å². The van der Waals surface area contributed by atoms with E-state index in [1.54, 1.807) is 0 Å².